The summed E-state index contributed by atoms with van der Waals surface area (Å²) in [6, 6.07) is 11.2. The third-order valence-corrected chi connectivity index (χ3v) is 10.5. The molecule has 4 rings (SSSR count). The van der Waals surface area contributed by atoms with Crippen LogP contribution in [0.5, 0.6) is 5.75 Å². The zero-order chi connectivity index (χ0) is 27.3. The first-order valence-electron chi connectivity index (χ1n) is 12.0. The molecule has 0 spiro atoms. The fourth-order valence-electron chi connectivity index (χ4n) is 4.24. The summed E-state index contributed by atoms with van der Waals surface area (Å²) in [5.74, 6) is -0.219. The predicted octanol–water partition coefficient (Wildman–Crippen LogP) is 4.60. The molecule has 0 bridgehead atoms. The van der Waals surface area contributed by atoms with Crippen molar-refractivity contribution in [3.63, 3.8) is 0 Å². The normalized spacial score (nSPS) is 12.9. The summed E-state index contributed by atoms with van der Waals surface area (Å²) in [6.07, 6.45) is 4.96. The Balaban J connectivity index is 1.69. The highest BCUT2D eigenvalue weighted by Gasteiger charge is 2.28. The number of aliphatic hydroxyl groups is 1. The summed E-state index contributed by atoms with van der Waals surface area (Å²) in [6.45, 7) is 0.0109. The fraction of sp³-hybridized carbons (Fsp3) is 0.308. The molecule has 2 amide bonds. The Kier molecular flexibility index (Phi) is 8.98. The number of benzene rings is 2. The van der Waals surface area contributed by atoms with E-state index < -0.39 is 14.8 Å². The number of fused-ring (bicyclic) bond motifs is 1. The van der Waals surface area contributed by atoms with Crippen molar-refractivity contribution < 1.29 is 27.9 Å². The Morgan fingerprint density at radius 3 is 2.47 bits per heavy atom. The maximum absolute atomic E-state index is 13.5. The minimum absolute atomic E-state index is 0.00681. The Labute approximate surface area is 229 Å². The minimum Gasteiger partial charge on any atom is -0.497 e. The van der Waals surface area contributed by atoms with Gasteiger partial charge in [-0.2, -0.15) is 0 Å². The van der Waals surface area contributed by atoms with Crippen molar-refractivity contribution in [2.75, 3.05) is 42.5 Å². The molecule has 0 unspecified atom stereocenters. The van der Waals surface area contributed by atoms with E-state index in [0.717, 1.165) is 36.1 Å². The first kappa shape index (κ1) is 28.0. The van der Waals surface area contributed by atoms with Crippen LogP contribution in [0.3, 0.4) is 0 Å². The van der Waals surface area contributed by atoms with E-state index in [9.17, 15) is 23.1 Å². The lowest BCUT2D eigenvalue weighted by molar-refractivity contribution is 0.102. The monoisotopic (exact) mass is 575 g/mol. The van der Waals surface area contributed by atoms with Crippen LogP contribution in [0.15, 0.2) is 47.4 Å². The van der Waals surface area contributed by atoms with Gasteiger partial charge in [0.25, 0.3) is 11.8 Å². The van der Waals surface area contributed by atoms with E-state index in [1.807, 2.05) is 0 Å². The summed E-state index contributed by atoms with van der Waals surface area (Å²) in [5, 5.41) is 18.4. The van der Waals surface area contributed by atoms with Crippen LogP contribution in [-0.4, -0.2) is 51.9 Å². The van der Waals surface area contributed by atoms with E-state index in [0.29, 0.717) is 38.5 Å². The maximum atomic E-state index is 13.5. The molecule has 4 N–H and O–H groups in total. The molecule has 0 fully saturated rings. The molecule has 0 radical (unpaired) electrons. The van der Waals surface area contributed by atoms with Gasteiger partial charge in [-0.15, -0.1) is 11.3 Å². The molecule has 9 nitrogen and oxygen atoms in total. The van der Waals surface area contributed by atoms with Crippen molar-refractivity contribution in [2.24, 2.45) is 0 Å². The second-order valence-electron chi connectivity index (χ2n) is 8.53. The number of thiophene rings is 1. The summed E-state index contributed by atoms with van der Waals surface area (Å²) in [4.78, 5) is 28.0. The Morgan fingerprint density at radius 1 is 1.05 bits per heavy atom. The van der Waals surface area contributed by atoms with Gasteiger partial charge in [0, 0.05) is 22.8 Å². The van der Waals surface area contributed by atoms with Crippen LogP contribution in [0.4, 0.5) is 16.4 Å². The zero-order valence-corrected chi connectivity index (χ0v) is 23.4. The van der Waals surface area contributed by atoms with Crippen molar-refractivity contribution in [2.45, 2.75) is 30.6 Å². The van der Waals surface area contributed by atoms with Gasteiger partial charge >= 0.3 is 0 Å². The lowest BCUT2D eigenvalue weighted by atomic mass is 9.95. The van der Waals surface area contributed by atoms with Crippen molar-refractivity contribution in [1.82, 2.24) is 0 Å². The van der Waals surface area contributed by atoms with Gasteiger partial charge in [-0.3, -0.25) is 9.59 Å². The highest BCUT2D eigenvalue weighted by molar-refractivity contribution is 8.71. The molecular weight excluding hydrogens is 547 g/mol. The van der Waals surface area contributed by atoms with Gasteiger partial charge in [0.15, 0.2) is 0 Å². The van der Waals surface area contributed by atoms with Gasteiger partial charge in [-0.05, 0) is 90.8 Å². The summed E-state index contributed by atoms with van der Waals surface area (Å²) < 4.78 is 30.1. The molecule has 1 aliphatic rings. The van der Waals surface area contributed by atoms with Crippen LogP contribution < -0.4 is 20.7 Å². The number of hydrogen-bond acceptors (Lipinski definition) is 9. The number of aliphatic hydroxyl groups excluding tert-OH is 1. The molecule has 1 heterocycles. The molecule has 0 saturated carbocycles. The van der Waals surface area contributed by atoms with E-state index in [2.05, 4.69) is 16.0 Å². The first-order chi connectivity index (χ1) is 18.3. The summed E-state index contributed by atoms with van der Waals surface area (Å²) >= 11 is 1.37. The Bertz CT molecular complexity index is 1440. The molecular formula is C26H29N3O6S3. The molecule has 202 valence electrons. The largest absolute Gasteiger partial charge is 0.497 e. The third-order valence-electron chi connectivity index (χ3n) is 6.14. The molecule has 2 aromatic carbocycles. The fourth-order valence-corrected chi connectivity index (χ4v) is 7.10. The maximum Gasteiger partial charge on any atom is 0.258 e. The van der Waals surface area contributed by atoms with E-state index in [1.54, 1.807) is 31.4 Å². The van der Waals surface area contributed by atoms with Gasteiger partial charge in [-0.25, -0.2) is 8.42 Å². The second-order valence-corrected chi connectivity index (χ2v) is 13.7. The number of nitrogens with one attached hydrogen (secondary N) is 3. The smallest absolute Gasteiger partial charge is 0.258 e. The van der Waals surface area contributed by atoms with E-state index in [4.69, 9.17) is 4.74 Å². The SMILES string of the molecule is COc1ccc(NC(=O)c2c(NC(=O)c3cc(S(=O)(=O)SC)ccc3NCCO)sc3c2CCCC3)cc1. The van der Waals surface area contributed by atoms with Gasteiger partial charge in [0.05, 0.1) is 29.7 Å². The lowest BCUT2D eigenvalue weighted by Crippen LogP contribution is -2.20. The summed E-state index contributed by atoms with van der Waals surface area (Å²) in [5.41, 5.74) is 2.42. The quantitative estimate of drug-likeness (QED) is 0.258. The van der Waals surface area contributed by atoms with E-state index in [-0.39, 0.29) is 29.5 Å². The first-order valence-corrected chi connectivity index (χ1v) is 16.0. The van der Waals surface area contributed by atoms with Crippen LogP contribution >= 0.6 is 22.1 Å². The van der Waals surface area contributed by atoms with Crippen molar-refractivity contribution in [1.29, 1.82) is 0 Å². The average Bonchev–Trinajstić information content (AvgIpc) is 3.30. The van der Waals surface area contributed by atoms with Crippen molar-refractivity contribution in [3.05, 3.63) is 64.0 Å². The second kappa shape index (κ2) is 12.2. The van der Waals surface area contributed by atoms with Crippen molar-refractivity contribution in [3.8, 4) is 5.75 Å². The van der Waals surface area contributed by atoms with Crippen LogP contribution in [-0.2, 0) is 21.7 Å². The molecule has 0 atom stereocenters. The van der Waals surface area contributed by atoms with Gasteiger partial charge in [0.1, 0.15) is 10.8 Å². The number of hydrogen-bond donors (Lipinski definition) is 4. The van der Waals surface area contributed by atoms with Crippen LogP contribution in [0.2, 0.25) is 0 Å². The highest BCUT2D eigenvalue weighted by atomic mass is 33.1. The van der Waals surface area contributed by atoms with Crippen LogP contribution in [0.25, 0.3) is 0 Å². The minimum atomic E-state index is -3.64. The van der Waals surface area contributed by atoms with E-state index >= 15 is 0 Å². The van der Waals surface area contributed by atoms with Gasteiger partial charge in [0.2, 0.25) is 8.87 Å². The van der Waals surface area contributed by atoms with E-state index in [1.165, 1.54) is 35.8 Å². The molecule has 1 aliphatic carbocycles. The third kappa shape index (κ3) is 6.15. The predicted molar refractivity (Wildman–Crippen MR) is 153 cm³/mol. The number of carbonyl (C=O) groups excluding carboxylic acids is 2. The van der Waals surface area contributed by atoms with Crippen LogP contribution in [0.1, 0.15) is 44.0 Å². The molecule has 3 aromatic rings. The molecule has 0 aliphatic heterocycles. The lowest BCUT2D eigenvalue weighted by Gasteiger charge is -2.15. The Morgan fingerprint density at radius 2 is 1.79 bits per heavy atom. The molecule has 12 heteroatoms. The van der Waals surface area contributed by atoms with Crippen LogP contribution in [0, 0.1) is 0 Å². The number of rotatable bonds is 10. The summed E-state index contributed by atoms with van der Waals surface area (Å²) in [7, 11) is -1.39. The van der Waals surface area contributed by atoms with Gasteiger partial charge in [-0.1, -0.05) is 0 Å². The number of carbonyl (C=O) groups is 2. The number of anilines is 3. The Hall–Kier alpha value is -3.06. The zero-order valence-electron chi connectivity index (χ0n) is 21.0. The van der Waals surface area contributed by atoms with Crippen molar-refractivity contribution >= 4 is 59.2 Å². The average molecular weight is 576 g/mol. The topological polar surface area (TPSA) is 134 Å². The number of aryl methyl sites for hydroxylation is 1. The van der Waals surface area contributed by atoms with Gasteiger partial charge < -0.3 is 25.8 Å². The standard InChI is InChI=1S/C26H29N3O6S3/c1-35-17-9-7-16(8-10-17)28-25(32)23-19-5-3-4-6-22(19)37-26(23)29-24(31)20-15-18(38(33,34)36-2)11-12-21(20)27-13-14-30/h7-12,15,27,30H,3-6,13-14H2,1-2H3,(H,28,32)(H,29,31). The molecule has 38 heavy (non-hydrogen) atoms. The molecule has 0 saturated heterocycles. The highest BCUT2D eigenvalue weighted by Crippen LogP contribution is 2.39. The molecule has 1 aromatic heterocycles. The number of ether oxygens (including phenoxy) is 1. The number of methoxy groups -OCH3 is 1. The number of amides is 2.